The van der Waals surface area contributed by atoms with Crippen LogP contribution in [0.2, 0.25) is 0 Å². The first-order valence-electron chi connectivity index (χ1n) is 11.2. The van der Waals surface area contributed by atoms with E-state index in [1.807, 2.05) is 42.9 Å². The number of nitrogens with one attached hydrogen (secondary N) is 1. The number of sulfonamides is 1. The van der Waals surface area contributed by atoms with E-state index in [0.29, 0.717) is 12.1 Å². The highest BCUT2D eigenvalue weighted by atomic mass is 32.2. The lowest BCUT2D eigenvalue weighted by Gasteiger charge is -2.24. The van der Waals surface area contributed by atoms with E-state index in [1.54, 1.807) is 19.2 Å². The van der Waals surface area contributed by atoms with Crippen LogP contribution in [0.15, 0.2) is 65.7 Å². The van der Waals surface area contributed by atoms with Crippen molar-refractivity contribution in [3.8, 4) is 0 Å². The zero-order valence-electron chi connectivity index (χ0n) is 19.2. The first-order chi connectivity index (χ1) is 15.8. The van der Waals surface area contributed by atoms with Crippen LogP contribution >= 0.6 is 0 Å². The molecule has 1 amide bonds. The maximum atomic E-state index is 12.9. The smallest absolute Gasteiger partial charge is 0.251 e. The molecule has 1 aliphatic rings. The Bertz CT molecular complexity index is 1220. The summed E-state index contributed by atoms with van der Waals surface area (Å²) in [6.45, 7) is 4.34. The summed E-state index contributed by atoms with van der Waals surface area (Å²) in [5.74, 6) is -0.218. The zero-order chi connectivity index (χ0) is 23.6. The topological polar surface area (TPSA) is 84.3 Å². The number of aromatic nitrogens is 2. The molecule has 0 aliphatic heterocycles. The maximum absolute atomic E-state index is 12.9. The lowest BCUT2D eigenvalue weighted by molar-refractivity contribution is 0.0932. The van der Waals surface area contributed by atoms with E-state index < -0.39 is 10.0 Å². The summed E-state index contributed by atoms with van der Waals surface area (Å²) in [7, 11) is -2.03. The molecule has 1 unspecified atom stereocenters. The van der Waals surface area contributed by atoms with Crippen LogP contribution in [0.25, 0.3) is 0 Å². The molecule has 0 fully saturated rings. The van der Waals surface area contributed by atoms with E-state index in [9.17, 15) is 13.2 Å². The van der Waals surface area contributed by atoms with E-state index in [4.69, 9.17) is 0 Å². The summed E-state index contributed by atoms with van der Waals surface area (Å²) in [4.78, 5) is 13.1. The van der Waals surface area contributed by atoms with Gasteiger partial charge in [0.15, 0.2) is 0 Å². The van der Waals surface area contributed by atoms with Crippen molar-refractivity contribution in [3.63, 3.8) is 0 Å². The van der Waals surface area contributed by atoms with Gasteiger partial charge in [-0.2, -0.15) is 9.40 Å². The van der Waals surface area contributed by atoms with Crippen molar-refractivity contribution in [1.82, 2.24) is 19.4 Å². The fourth-order valence-corrected chi connectivity index (χ4v) is 5.49. The molecule has 1 aliphatic carbocycles. The van der Waals surface area contributed by atoms with Crippen molar-refractivity contribution in [2.75, 3.05) is 7.05 Å². The Balaban J connectivity index is 1.48. The second-order valence-electron chi connectivity index (χ2n) is 8.75. The maximum Gasteiger partial charge on any atom is 0.251 e. The molecule has 4 rings (SSSR count). The third-order valence-electron chi connectivity index (χ3n) is 6.26. The SMILES string of the molecule is CC(C)N(C)S(=O)(=O)c1ccc(C(=O)NC2CCCc3c2cnn3Cc2ccccc2)cc1. The summed E-state index contributed by atoms with van der Waals surface area (Å²) in [6, 6.07) is 16.1. The average Bonchev–Trinajstić information content (AvgIpc) is 3.23. The summed E-state index contributed by atoms with van der Waals surface area (Å²) in [5.41, 5.74) is 3.84. The van der Waals surface area contributed by atoms with Crippen molar-refractivity contribution < 1.29 is 13.2 Å². The monoisotopic (exact) mass is 466 g/mol. The van der Waals surface area contributed by atoms with E-state index in [2.05, 4.69) is 22.5 Å². The minimum absolute atomic E-state index is 0.110. The van der Waals surface area contributed by atoms with Gasteiger partial charge in [-0.3, -0.25) is 9.48 Å². The molecule has 7 nitrogen and oxygen atoms in total. The largest absolute Gasteiger partial charge is 0.345 e. The van der Waals surface area contributed by atoms with Gasteiger partial charge < -0.3 is 5.32 Å². The van der Waals surface area contributed by atoms with Crippen LogP contribution in [0.5, 0.6) is 0 Å². The fraction of sp³-hybridized carbons (Fsp3) is 0.360. The highest BCUT2D eigenvalue weighted by Gasteiger charge is 2.27. The zero-order valence-corrected chi connectivity index (χ0v) is 20.0. The number of fused-ring (bicyclic) bond motifs is 1. The standard InChI is InChI=1S/C25H30N4O3S/c1-18(2)28(3)33(31,32)21-14-12-20(13-15-21)25(30)27-23-10-7-11-24-22(23)16-26-29(24)17-19-8-5-4-6-9-19/h4-6,8-9,12-16,18,23H,7,10-11,17H2,1-3H3,(H,27,30). The summed E-state index contributed by atoms with van der Waals surface area (Å²) in [5, 5.41) is 7.70. The second kappa shape index (κ2) is 9.49. The molecule has 3 aromatic rings. The quantitative estimate of drug-likeness (QED) is 0.575. The van der Waals surface area contributed by atoms with Gasteiger partial charge in [-0.15, -0.1) is 0 Å². The second-order valence-corrected chi connectivity index (χ2v) is 10.7. The van der Waals surface area contributed by atoms with Gasteiger partial charge in [-0.1, -0.05) is 30.3 Å². The molecule has 0 spiro atoms. The van der Waals surface area contributed by atoms with Crippen LogP contribution in [0.3, 0.4) is 0 Å². The number of nitrogens with zero attached hydrogens (tertiary/aromatic N) is 3. The van der Waals surface area contributed by atoms with Gasteiger partial charge in [0.25, 0.3) is 5.91 Å². The van der Waals surface area contributed by atoms with Gasteiger partial charge >= 0.3 is 0 Å². The fourth-order valence-electron chi connectivity index (χ4n) is 4.12. The third kappa shape index (κ3) is 4.86. The van der Waals surface area contributed by atoms with Crippen molar-refractivity contribution >= 4 is 15.9 Å². The first kappa shape index (κ1) is 23.2. The van der Waals surface area contributed by atoms with Crippen LogP contribution in [0.4, 0.5) is 0 Å². The lowest BCUT2D eigenvalue weighted by atomic mass is 9.92. The van der Waals surface area contributed by atoms with Gasteiger partial charge in [0.05, 0.1) is 23.7 Å². The predicted octanol–water partition coefficient (Wildman–Crippen LogP) is 3.77. The molecule has 174 valence electrons. The van der Waals surface area contributed by atoms with Gasteiger partial charge in [0, 0.05) is 29.9 Å². The molecule has 0 bridgehead atoms. The number of carbonyl (C=O) groups excluding carboxylic acids is 1. The van der Waals surface area contributed by atoms with E-state index in [1.165, 1.54) is 22.0 Å². The van der Waals surface area contributed by atoms with Crippen molar-refractivity contribution in [2.45, 2.75) is 56.6 Å². The molecule has 0 saturated heterocycles. The Morgan fingerprint density at radius 1 is 1.15 bits per heavy atom. The average molecular weight is 467 g/mol. The molecule has 1 atom stereocenters. The number of amides is 1. The van der Waals surface area contributed by atoms with Gasteiger partial charge in [0.2, 0.25) is 10.0 Å². The van der Waals surface area contributed by atoms with Crippen molar-refractivity contribution in [2.24, 2.45) is 0 Å². The number of rotatable bonds is 7. The number of carbonyl (C=O) groups is 1. The lowest BCUT2D eigenvalue weighted by Crippen LogP contribution is -2.33. The highest BCUT2D eigenvalue weighted by molar-refractivity contribution is 7.89. The number of benzene rings is 2. The van der Waals surface area contributed by atoms with Crippen molar-refractivity contribution in [1.29, 1.82) is 0 Å². The highest BCUT2D eigenvalue weighted by Crippen LogP contribution is 2.30. The molecule has 2 aromatic carbocycles. The minimum Gasteiger partial charge on any atom is -0.345 e. The first-order valence-corrected chi connectivity index (χ1v) is 12.7. The van der Waals surface area contributed by atoms with Gasteiger partial charge in [-0.25, -0.2) is 8.42 Å². The Labute approximate surface area is 195 Å². The Morgan fingerprint density at radius 3 is 2.52 bits per heavy atom. The Kier molecular flexibility index (Phi) is 6.67. The molecule has 1 aromatic heterocycles. The molecule has 8 heteroatoms. The van der Waals surface area contributed by atoms with Crippen LogP contribution < -0.4 is 5.32 Å². The van der Waals surface area contributed by atoms with E-state index in [-0.39, 0.29) is 22.9 Å². The Hall–Kier alpha value is -2.97. The molecular formula is C25H30N4O3S. The summed E-state index contributed by atoms with van der Waals surface area (Å²) >= 11 is 0. The van der Waals surface area contributed by atoms with E-state index >= 15 is 0 Å². The number of hydrogen-bond acceptors (Lipinski definition) is 4. The normalized spacial score (nSPS) is 16.1. The summed E-state index contributed by atoms with van der Waals surface area (Å²) < 4.78 is 28.7. The molecule has 1 N–H and O–H groups in total. The molecule has 1 heterocycles. The van der Waals surface area contributed by atoms with Crippen LogP contribution in [-0.2, 0) is 23.0 Å². The van der Waals surface area contributed by atoms with Gasteiger partial charge in [-0.05, 0) is 62.9 Å². The van der Waals surface area contributed by atoms with Crippen LogP contribution in [0, 0.1) is 0 Å². The van der Waals surface area contributed by atoms with Crippen LogP contribution in [0.1, 0.15) is 59.9 Å². The molecule has 33 heavy (non-hydrogen) atoms. The molecular weight excluding hydrogens is 436 g/mol. The van der Waals surface area contributed by atoms with Crippen molar-refractivity contribution in [3.05, 3.63) is 83.2 Å². The summed E-state index contributed by atoms with van der Waals surface area (Å²) in [6.07, 6.45) is 4.61. The van der Waals surface area contributed by atoms with E-state index in [0.717, 1.165) is 30.5 Å². The predicted molar refractivity (Wildman–Crippen MR) is 127 cm³/mol. The number of hydrogen-bond donors (Lipinski definition) is 1. The minimum atomic E-state index is -3.58. The molecule has 0 radical (unpaired) electrons. The van der Waals surface area contributed by atoms with Gasteiger partial charge in [0.1, 0.15) is 0 Å². The Morgan fingerprint density at radius 2 is 1.85 bits per heavy atom. The van der Waals surface area contributed by atoms with Crippen LogP contribution in [-0.4, -0.2) is 41.5 Å². The molecule has 0 saturated carbocycles. The third-order valence-corrected chi connectivity index (χ3v) is 8.31.